The van der Waals surface area contributed by atoms with Gasteiger partial charge in [-0.2, -0.15) is 0 Å². The highest BCUT2D eigenvalue weighted by molar-refractivity contribution is 7.92. The zero-order chi connectivity index (χ0) is 31.1. The van der Waals surface area contributed by atoms with E-state index in [4.69, 9.17) is 4.74 Å². The highest BCUT2D eigenvalue weighted by Crippen LogP contribution is 2.27. The van der Waals surface area contributed by atoms with Crippen molar-refractivity contribution in [2.24, 2.45) is 0 Å². The van der Waals surface area contributed by atoms with Crippen molar-refractivity contribution in [1.82, 2.24) is 10.2 Å². The van der Waals surface area contributed by atoms with E-state index in [1.165, 1.54) is 4.90 Å². The van der Waals surface area contributed by atoms with Gasteiger partial charge in [0.2, 0.25) is 11.8 Å². The van der Waals surface area contributed by atoms with Crippen LogP contribution in [-0.4, -0.2) is 50.9 Å². The van der Waals surface area contributed by atoms with Crippen LogP contribution in [0.2, 0.25) is 0 Å². The summed E-state index contributed by atoms with van der Waals surface area (Å²) in [6, 6.07) is 18.6. The third-order valence-electron chi connectivity index (χ3n) is 8.01. The number of hydrogen-bond acceptors (Lipinski definition) is 5. The lowest BCUT2D eigenvalue weighted by Crippen LogP contribution is -2.53. The number of amides is 2. The van der Waals surface area contributed by atoms with E-state index in [1.807, 2.05) is 39.0 Å². The van der Waals surface area contributed by atoms with E-state index in [-0.39, 0.29) is 23.4 Å². The summed E-state index contributed by atoms with van der Waals surface area (Å²) in [4.78, 5) is 29.3. The summed E-state index contributed by atoms with van der Waals surface area (Å²) in [5.41, 5.74) is 3.88. The molecule has 9 heteroatoms. The smallest absolute Gasteiger partial charge is 0.264 e. The van der Waals surface area contributed by atoms with Crippen LogP contribution in [0, 0.1) is 20.8 Å². The summed E-state index contributed by atoms with van der Waals surface area (Å²) >= 11 is 0. The van der Waals surface area contributed by atoms with Crippen LogP contribution in [0.15, 0.2) is 71.6 Å². The number of methoxy groups -OCH3 is 1. The zero-order valence-electron chi connectivity index (χ0n) is 25.8. The molecule has 0 saturated heterocycles. The van der Waals surface area contributed by atoms with Crippen molar-refractivity contribution >= 4 is 27.5 Å². The number of anilines is 1. The van der Waals surface area contributed by atoms with Crippen LogP contribution in [0.5, 0.6) is 5.75 Å². The molecule has 3 aromatic carbocycles. The summed E-state index contributed by atoms with van der Waals surface area (Å²) in [7, 11) is -2.53. The predicted octanol–water partition coefficient (Wildman–Crippen LogP) is 5.68. The fourth-order valence-electron chi connectivity index (χ4n) is 5.54. The minimum absolute atomic E-state index is 0.0790. The summed E-state index contributed by atoms with van der Waals surface area (Å²) in [5, 5.41) is 3.13. The lowest BCUT2D eigenvalue weighted by atomic mass is 9.95. The second-order valence-corrected chi connectivity index (χ2v) is 13.4. The Hall–Kier alpha value is -3.85. The Morgan fingerprint density at radius 2 is 1.49 bits per heavy atom. The molecule has 0 aliphatic heterocycles. The van der Waals surface area contributed by atoms with Gasteiger partial charge in [-0.1, -0.05) is 55.2 Å². The Morgan fingerprint density at radius 3 is 2.07 bits per heavy atom. The maximum atomic E-state index is 14.2. The molecule has 230 valence electrons. The van der Waals surface area contributed by atoms with Gasteiger partial charge in [0, 0.05) is 12.6 Å². The molecule has 2 amide bonds. The first kappa shape index (κ1) is 32.1. The van der Waals surface area contributed by atoms with E-state index in [2.05, 4.69) is 5.32 Å². The third kappa shape index (κ3) is 8.16. The summed E-state index contributed by atoms with van der Waals surface area (Å²) in [6.07, 6.45) is 5.12. The molecule has 0 aromatic heterocycles. The molecule has 0 heterocycles. The zero-order valence-corrected chi connectivity index (χ0v) is 26.6. The summed E-state index contributed by atoms with van der Waals surface area (Å²) < 4.78 is 34.6. The molecule has 1 saturated carbocycles. The average molecular weight is 606 g/mol. The summed E-state index contributed by atoms with van der Waals surface area (Å²) in [5.74, 6) is -0.0417. The number of benzene rings is 3. The van der Waals surface area contributed by atoms with Gasteiger partial charge in [-0.3, -0.25) is 13.9 Å². The molecule has 0 bridgehead atoms. The van der Waals surface area contributed by atoms with E-state index in [9.17, 15) is 18.0 Å². The second kappa shape index (κ2) is 14.1. The number of nitrogens with one attached hydrogen (secondary N) is 1. The van der Waals surface area contributed by atoms with Gasteiger partial charge in [-0.25, -0.2) is 8.42 Å². The molecule has 1 fully saturated rings. The normalized spacial score (nSPS) is 14.5. The Morgan fingerprint density at radius 1 is 0.884 bits per heavy atom. The Balaban J connectivity index is 1.70. The molecular weight excluding hydrogens is 562 g/mol. The van der Waals surface area contributed by atoms with Crippen LogP contribution < -0.4 is 14.4 Å². The minimum atomic E-state index is -4.11. The van der Waals surface area contributed by atoms with Gasteiger partial charge in [0.1, 0.15) is 18.3 Å². The lowest BCUT2D eigenvalue weighted by molar-refractivity contribution is -0.139. The third-order valence-corrected chi connectivity index (χ3v) is 9.80. The number of carbonyl (C=O) groups is 2. The predicted molar refractivity (Wildman–Crippen MR) is 170 cm³/mol. The van der Waals surface area contributed by atoms with Crippen LogP contribution in [0.25, 0.3) is 0 Å². The number of rotatable bonds is 11. The van der Waals surface area contributed by atoms with Crippen LogP contribution in [-0.2, 0) is 26.2 Å². The maximum Gasteiger partial charge on any atom is 0.264 e. The number of carbonyl (C=O) groups excluding carboxylic acids is 2. The monoisotopic (exact) mass is 605 g/mol. The first-order chi connectivity index (χ1) is 20.5. The van der Waals surface area contributed by atoms with E-state index in [0.717, 1.165) is 58.7 Å². The van der Waals surface area contributed by atoms with Crippen LogP contribution >= 0.6 is 0 Å². The van der Waals surface area contributed by atoms with Gasteiger partial charge in [-0.05, 0) is 93.6 Å². The van der Waals surface area contributed by atoms with E-state index in [1.54, 1.807) is 62.6 Å². The number of aryl methyl sites for hydroxylation is 3. The standard InChI is InChI=1S/C34H43N3O5S/c1-24-11-17-32(18-12-24)43(40,41)37(30-20-25(2)19-26(3)21-30)23-33(38)36(22-28-13-15-31(42-5)16-14-28)27(4)34(39)35-29-9-7-6-8-10-29/h11-21,27,29H,6-10,22-23H2,1-5H3,(H,35,39)/t27-/m1/s1. The average Bonchev–Trinajstić information content (AvgIpc) is 2.98. The minimum Gasteiger partial charge on any atom is -0.497 e. The van der Waals surface area contributed by atoms with Crippen molar-refractivity contribution in [3.8, 4) is 5.75 Å². The highest BCUT2D eigenvalue weighted by atomic mass is 32.2. The Bertz CT molecular complexity index is 1490. The number of sulfonamides is 1. The topological polar surface area (TPSA) is 96.0 Å². The van der Waals surface area contributed by atoms with Gasteiger partial charge in [0.05, 0.1) is 17.7 Å². The van der Waals surface area contributed by atoms with Crippen molar-refractivity contribution in [1.29, 1.82) is 0 Å². The van der Waals surface area contributed by atoms with Gasteiger partial charge < -0.3 is 15.0 Å². The number of ether oxygens (including phenoxy) is 1. The molecule has 43 heavy (non-hydrogen) atoms. The molecule has 0 spiro atoms. The Labute approximate surface area is 256 Å². The van der Waals surface area contributed by atoms with Gasteiger partial charge >= 0.3 is 0 Å². The molecule has 1 atom stereocenters. The number of nitrogens with zero attached hydrogens (tertiary/aromatic N) is 2. The van der Waals surface area contributed by atoms with E-state index in [0.29, 0.717) is 11.4 Å². The molecule has 1 aliphatic rings. The number of hydrogen-bond donors (Lipinski definition) is 1. The van der Waals surface area contributed by atoms with Crippen molar-refractivity contribution in [3.05, 3.63) is 89.0 Å². The molecular formula is C34H43N3O5S. The second-order valence-electron chi connectivity index (χ2n) is 11.6. The molecule has 1 aliphatic carbocycles. The van der Waals surface area contributed by atoms with Crippen molar-refractivity contribution < 1.29 is 22.7 Å². The quantitative estimate of drug-likeness (QED) is 0.303. The SMILES string of the molecule is COc1ccc(CN(C(=O)CN(c2cc(C)cc(C)c2)S(=O)(=O)c2ccc(C)cc2)[C@H](C)C(=O)NC2CCCCC2)cc1. The molecule has 3 aromatic rings. The first-order valence-electron chi connectivity index (χ1n) is 14.9. The molecule has 1 N–H and O–H groups in total. The first-order valence-corrected chi connectivity index (χ1v) is 16.3. The van der Waals surface area contributed by atoms with Gasteiger partial charge in [0.15, 0.2) is 0 Å². The fraction of sp³-hybridized carbons (Fsp3) is 0.412. The van der Waals surface area contributed by atoms with Crippen LogP contribution in [0.3, 0.4) is 0 Å². The van der Waals surface area contributed by atoms with Crippen molar-refractivity contribution in [2.75, 3.05) is 18.0 Å². The molecule has 0 unspecified atom stereocenters. The highest BCUT2D eigenvalue weighted by Gasteiger charge is 2.33. The maximum absolute atomic E-state index is 14.2. The summed E-state index contributed by atoms with van der Waals surface area (Å²) in [6.45, 7) is 7.04. The largest absolute Gasteiger partial charge is 0.497 e. The van der Waals surface area contributed by atoms with Crippen molar-refractivity contribution in [2.45, 2.75) is 83.3 Å². The van der Waals surface area contributed by atoms with E-state index >= 15 is 0 Å². The molecule has 0 radical (unpaired) electrons. The van der Waals surface area contributed by atoms with Gasteiger partial charge in [-0.15, -0.1) is 0 Å². The molecule has 8 nitrogen and oxygen atoms in total. The van der Waals surface area contributed by atoms with Crippen molar-refractivity contribution in [3.63, 3.8) is 0 Å². The van der Waals surface area contributed by atoms with E-state index < -0.39 is 28.5 Å². The van der Waals surface area contributed by atoms with Gasteiger partial charge in [0.25, 0.3) is 10.0 Å². The van der Waals surface area contributed by atoms with Crippen LogP contribution in [0.1, 0.15) is 61.3 Å². The fourth-order valence-corrected chi connectivity index (χ4v) is 6.94. The lowest BCUT2D eigenvalue weighted by Gasteiger charge is -2.33. The Kier molecular flexibility index (Phi) is 10.5. The molecule has 4 rings (SSSR count). The van der Waals surface area contributed by atoms with Crippen LogP contribution in [0.4, 0.5) is 5.69 Å².